The Kier molecular flexibility index (Phi) is 9.27. The molecule has 7 nitrogen and oxygen atoms in total. The zero-order valence-corrected chi connectivity index (χ0v) is 24.3. The monoisotopic (exact) mass is 554 g/mol. The van der Waals surface area contributed by atoms with Gasteiger partial charge in [-0.25, -0.2) is 0 Å². The Bertz CT molecular complexity index is 1120. The van der Waals surface area contributed by atoms with Crippen LogP contribution in [-0.4, -0.2) is 69.6 Å². The second-order valence-corrected chi connectivity index (χ2v) is 12.6. The number of esters is 1. The topological polar surface area (TPSA) is 87.1 Å². The minimum atomic E-state index is -0.785. The van der Waals surface area contributed by atoms with Crippen LogP contribution in [0, 0.1) is 25.7 Å². The van der Waals surface area contributed by atoms with E-state index in [4.69, 9.17) is 4.74 Å². The molecule has 0 radical (unpaired) electrons. The van der Waals surface area contributed by atoms with E-state index in [0.717, 1.165) is 42.5 Å². The quantitative estimate of drug-likeness (QED) is 0.218. The first kappa shape index (κ1) is 29.4. The highest BCUT2D eigenvalue weighted by molar-refractivity contribution is 8.02. The molecule has 2 unspecified atom stereocenters. The lowest BCUT2D eigenvalue weighted by molar-refractivity contribution is -0.154. The van der Waals surface area contributed by atoms with E-state index in [1.165, 1.54) is 0 Å². The summed E-state index contributed by atoms with van der Waals surface area (Å²) in [5.41, 5.74) is 2.77. The molecule has 3 heterocycles. The van der Waals surface area contributed by atoms with Crippen LogP contribution in [-0.2, 0) is 19.1 Å². The summed E-state index contributed by atoms with van der Waals surface area (Å²) in [6.45, 7) is 13.9. The van der Waals surface area contributed by atoms with Crippen molar-refractivity contribution in [2.45, 2.75) is 81.4 Å². The van der Waals surface area contributed by atoms with E-state index in [-0.39, 0.29) is 29.6 Å². The third-order valence-corrected chi connectivity index (χ3v) is 10.6. The number of likely N-dealkylation sites (tertiary alicyclic amines) is 1. The molecule has 3 aliphatic rings. The fourth-order valence-electron chi connectivity index (χ4n) is 6.70. The minimum Gasteiger partial charge on any atom is -0.465 e. The Hall–Kier alpha value is -2.58. The molecule has 1 aromatic carbocycles. The van der Waals surface area contributed by atoms with Gasteiger partial charge >= 0.3 is 5.97 Å². The van der Waals surface area contributed by atoms with Gasteiger partial charge in [-0.15, -0.1) is 24.9 Å². The summed E-state index contributed by atoms with van der Waals surface area (Å²) in [5.74, 6) is -1.95. The normalized spacial score (nSPS) is 27.8. The molecule has 4 rings (SSSR count). The zero-order valence-electron chi connectivity index (χ0n) is 23.4. The molecule has 3 fully saturated rings. The molecule has 3 saturated heterocycles. The number of carbonyl (C=O) groups excluding carboxylic acids is 3. The third kappa shape index (κ3) is 5.18. The van der Waals surface area contributed by atoms with Crippen molar-refractivity contribution in [3.05, 3.63) is 54.6 Å². The first-order valence-corrected chi connectivity index (χ1v) is 15.0. The number of hydrogen-bond donors (Lipinski definition) is 1. The molecule has 1 N–H and O–H groups in total. The van der Waals surface area contributed by atoms with Crippen LogP contribution in [0.3, 0.4) is 0 Å². The van der Waals surface area contributed by atoms with E-state index >= 15 is 0 Å². The number of allylic oxidation sites excluding steroid dienone is 1. The number of aryl methyl sites for hydroxylation is 2. The maximum absolute atomic E-state index is 14.6. The van der Waals surface area contributed by atoms with Gasteiger partial charge in [-0.1, -0.05) is 31.2 Å². The Morgan fingerprint density at radius 1 is 1.28 bits per heavy atom. The summed E-state index contributed by atoms with van der Waals surface area (Å²) in [6, 6.07) is 4.70. The van der Waals surface area contributed by atoms with E-state index < -0.39 is 28.7 Å². The number of aliphatic hydroxyl groups excluding tert-OH is 1. The largest absolute Gasteiger partial charge is 0.465 e. The second-order valence-electron chi connectivity index (χ2n) is 11.0. The van der Waals surface area contributed by atoms with Crippen molar-refractivity contribution in [2.24, 2.45) is 11.8 Å². The highest BCUT2D eigenvalue weighted by atomic mass is 32.2. The van der Waals surface area contributed by atoms with E-state index in [2.05, 4.69) is 13.2 Å². The molecule has 0 saturated carbocycles. The smallest absolute Gasteiger partial charge is 0.310 e. The van der Waals surface area contributed by atoms with E-state index in [0.29, 0.717) is 26.0 Å². The lowest BCUT2D eigenvalue weighted by Gasteiger charge is -2.39. The highest BCUT2D eigenvalue weighted by Gasteiger charge is 2.74. The molecule has 0 aliphatic carbocycles. The van der Waals surface area contributed by atoms with Crippen LogP contribution in [0.15, 0.2) is 43.5 Å². The number of benzene rings is 1. The van der Waals surface area contributed by atoms with Crippen molar-refractivity contribution in [2.75, 3.05) is 24.7 Å². The summed E-state index contributed by atoms with van der Waals surface area (Å²) in [5, 5.41) is 10.2. The van der Waals surface area contributed by atoms with E-state index in [1.54, 1.807) is 27.6 Å². The van der Waals surface area contributed by atoms with Crippen molar-refractivity contribution in [1.82, 2.24) is 4.90 Å². The van der Waals surface area contributed by atoms with Crippen molar-refractivity contribution in [3.8, 4) is 0 Å². The maximum atomic E-state index is 14.6. The molecule has 1 aromatic rings. The predicted molar refractivity (Wildman–Crippen MR) is 156 cm³/mol. The van der Waals surface area contributed by atoms with Gasteiger partial charge in [-0.3, -0.25) is 14.4 Å². The zero-order chi connectivity index (χ0) is 28.3. The summed E-state index contributed by atoms with van der Waals surface area (Å²) >= 11 is 1.62. The Labute approximate surface area is 236 Å². The van der Waals surface area contributed by atoms with Gasteiger partial charge in [-0.05, 0) is 69.6 Å². The van der Waals surface area contributed by atoms with Crippen molar-refractivity contribution < 1.29 is 24.2 Å². The fourth-order valence-corrected chi connectivity index (χ4v) is 8.89. The number of aliphatic hydroxyl groups is 1. The Balaban J connectivity index is 1.72. The van der Waals surface area contributed by atoms with Crippen LogP contribution in [0.4, 0.5) is 5.69 Å². The number of ether oxygens (including phenoxy) is 1. The standard InChI is InChI=1S/C31H42N2O5S/c1-6-9-10-11-17-38-30(37)25-24-14-15-31(39-24)26(25)28(35)33(22(8-3)19-34)27(31)29(36)32(16-7-2)23-18-20(4)12-13-21(23)5/h6-7,12-13,18,22,24-27,34H,1-2,8-11,14-17,19H2,3-5H3/t22-,24+,25-,26-,27?,31?/m0/s1. The van der Waals surface area contributed by atoms with Gasteiger partial charge in [0.25, 0.3) is 5.91 Å². The van der Waals surface area contributed by atoms with Crippen molar-refractivity contribution in [3.63, 3.8) is 0 Å². The number of anilines is 1. The van der Waals surface area contributed by atoms with Gasteiger partial charge in [-0.2, -0.15) is 0 Å². The van der Waals surface area contributed by atoms with Gasteiger partial charge in [0.2, 0.25) is 5.91 Å². The Morgan fingerprint density at radius 3 is 2.72 bits per heavy atom. The van der Waals surface area contributed by atoms with Gasteiger partial charge in [0.1, 0.15) is 6.04 Å². The highest BCUT2D eigenvalue weighted by Crippen LogP contribution is 2.67. The number of unbranched alkanes of at least 4 members (excludes halogenated alkanes) is 2. The average Bonchev–Trinajstić information content (AvgIpc) is 3.57. The maximum Gasteiger partial charge on any atom is 0.310 e. The summed E-state index contributed by atoms with van der Waals surface area (Å²) in [4.78, 5) is 45.6. The first-order valence-electron chi connectivity index (χ1n) is 14.1. The molecule has 1 spiro atoms. The van der Waals surface area contributed by atoms with Gasteiger partial charge < -0.3 is 19.6 Å². The number of carbonyl (C=O) groups is 3. The minimum absolute atomic E-state index is 0.0557. The van der Waals surface area contributed by atoms with Gasteiger partial charge in [0.15, 0.2) is 0 Å². The van der Waals surface area contributed by atoms with Crippen LogP contribution in [0.1, 0.15) is 56.6 Å². The first-order chi connectivity index (χ1) is 18.7. The molecule has 212 valence electrons. The summed E-state index contributed by atoms with van der Waals surface area (Å²) in [7, 11) is 0. The summed E-state index contributed by atoms with van der Waals surface area (Å²) < 4.78 is 4.96. The third-order valence-electron chi connectivity index (χ3n) is 8.60. The lowest BCUT2D eigenvalue weighted by Crippen LogP contribution is -2.57. The SMILES string of the molecule is C=CCCCCOC(=O)[C@@H]1[C@H]2C(=O)N([C@@H](CC)CO)C(C(=O)N(CC=C)c3cc(C)ccc3C)C23CC[C@H]1S3. The fraction of sp³-hybridized carbons (Fsp3) is 0.581. The van der Waals surface area contributed by atoms with E-state index in [1.807, 2.05) is 45.0 Å². The summed E-state index contributed by atoms with van der Waals surface area (Å²) in [6.07, 6.45) is 7.98. The molecule has 39 heavy (non-hydrogen) atoms. The molecular formula is C31H42N2O5S. The number of rotatable bonds is 13. The predicted octanol–water partition coefficient (Wildman–Crippen LogP) is 4.58. The van der Waals surface area contributed by atoms with Gasteiger partial charge in [0, 0.05) is 17.5 Å². The average molecular weight is 555 g/mol. The molecular weight excluding hydrogens is 512 g/mol. The van der Waals surface area contributed by atoms with Crippen LogP contribution in [0.2, 0.25) is 0 Å². The van der Waals surface area contributed by atoms with Crippen molar-refractivity contribution >= 4 is 35.2 Å². The lowest BCUT2D eigenvalue weighted by atomic mass is 9.71. The molecule has 3 aliphatic heterocycles. The van der Waals surface area contributed by atoms with Crippen LogP contribution < -0.4 is 4.90 Å². The number of fused-ring (bicyclic) bond motifs is 1. The molecule has 0 aromatic heterocycles. The van der Waals surface area contributed by atoms with Crippen molar-refractivity contribution in [1.29, 1.82) is 0 Å². The molecule has 8 heteroatoms. The number of amides is 2. The second kappa shape index (κ2) is 12.3. The molecule has 2 bridgehead atoms. The van der Waals surface area contributed by atoms with Crippen LogP contribution in [0.25, 0.3) is 0 Å². The molecule has 6 atom stereocenters. The number of hydrogen-bond acceptors (Lipinski definition) is 6. The van der Waals surface area contributed by atoms with E-state index in [9.17, 15) is 19.5 Å². The number of nitrogens with zero attached hydrogens (tertiary/aromatic N) is 2. The number of thioether (sulfide) groups is 1. The molecule has 2 amide bonds. The Morgan fingerprint density at radius 2 is 2.05 bits per heavy atom. The van der Waals surface area contributed by atoms with Crippen LogP contribution in [0.5, 0.6) is 0 Å². The van der Waals surface area contributed by atoms with Gasteiger partial charge in [0.05, 0.1) is 35.8 Å². The van der Waals surface area contributed by atoms with Crippen LogP contribution >= 0.6 is 11.8 Å².